The number of hydrogen-bond donors (Lipinski definition) is 0. The Labute approximate surface area is 98.3 Å². The van der Waals surface area contributed by atoms with E-state index in [1.54, 1.807) is 12.4 Å². The number of anilines is 1. The molecule has 1 aliphatic rings. The highest BCUT2D eigenvalue weighted by atomic mass is 15.3. The molecule has 1 aromatic rings. The molecule has 0 bridgehead atoms. The molecule has 1 aliphatic heterocycles. The molecule has 1 aromatic heterocycles. The van der Waals surface area contributed by atoms with Crippen molar-refractivity contribution in [2.24, 2.45) is 0 Å². The Morgan fingerprint density at radius 3 is 2.38 bits per heavy atom. The van der Waals surface area contributed by atoms with Crippen LogP contribution in [-0.2, 0) is 0 Å². The first kappa shape index (κ1) is 12.9. The predicted octanol–water partition coefficient (Wildman–Crippen LogP) is 1.64. The number of likely N-dealkylation sites (N-methyl/N-ethyl adjacent to an activating group) is 1. The van der Waals surface area contributed by atoms with Gasteiger partial charge in [0.25, 0.3) is 0 Å². The molecule has 4 nitrogen and oxygen atoms in total. The lowest BCUT2D eigenvalue weighted by Gasteiger charge is -2.38. The fraction of sp³-hybridized carbons (Fsp3) is 0.667. The molecule has 1 saturated heterocycles. The molecule has 2 heterocycles. The summed E-state index contributed by atoms with van der Waals surface area (Å²) in [5, 5.41) is 0. The van der Waals surface area contributed by atoms with Gasteiger partial charge in [0.05, 0.1) is 0 Å². The number of nitrogens with zero attached hydrogens (tertiary/aromatic N) is 4. The topological polar surface area (TPSA) is 32.3 Å². The lowest BCUT2D eigenvalue weighted by Crippen LogP contribution is -2.51. The largest absolute Gasteiger partial charge is 0.336 e. The van der Waals surface area contributed by atoms with Crippen LogP contribution in [0.4, 0.5) is 5.95 Å². The van der Waals surface area contributed by atoms with E-state index in [-0.39, 0.29) is 0 Å². The van der Waals surface area contributed by atoms with Gasteiger partial charge < -0.3 is 9.80 Å². The van der Waals surface area contributed by atoms with Gasteiger partial charge in [-0.15, -0.1) is 0 Å². The van der Waals surface area contributed by atoms with Gasteiger partial charge in [0, 0.05) is 38.1 Å². The van der Waals surface area contributed by atoms with Gasteiger partial charge in [-0.1, -0.05) is 13.8 Å². The third-order valence-electron chi connectivity index (χ3n) is 2.64. The van der Waals surface area contributed by atoms with Crippen LogP contribution in [-0.4, -0.2) is 47.6 Å². The summed E-state index contributed by atoms with van der Waals surface area (Å²) in [5.41, 5.74) is 0. The van der Waals surface area contributed by atoms with Gasteiger partial charge in [-0.2, -0.15) is 0 Å². The highest BCUT2D eigenvalue weighted by Crippen LogP contribution is 2.13. The molecule has 0 N–H and O–H groups in total. The Kier molecular flexibility index (Phi) is 5.19. The van der Waals surface area contributed by atoms with Crippen molar-refractivity contribution in [2.45, 2.75) is 26.8 Å². The lowest BCUT2D eigenvalue weighted by molar-refractivity contribution is 0.273. The Morgan fingerprint density at radius 1 is 1.19 bits per heavy atom. The number of piperazine rings is 1. The molecular weight excluding hydrogens is 200 g/mol. The van der Waals surface area contributed by atoms with E-state index in [0.717, 1.165) is 25.6 Å². The zero-order valence-electron chi connectivity index (χ0n) is 10.7. The lowest BCUT2D eigenvalue weighted by atomic mass is 10.2. The zero-order chi connectivity index (χ0) is 12.0. The molecule has 16 heavy (non-hydrogen) atoms. The van der Waals surface area contributed by atoms with Crippen LogP contribution >= 0.6 is 0 Å². The van der Waals surface area contributed by atoms with Gasteiger partial charge in [0.2, 0.25) is 5.95 Å². The van der Waals surface area contributed by atoms with E-state index in [4.69, 9.17) is 0 Å². The van der Waals surface area contributed by atoms with Gasteiger partial charge in [0.1, 0.15) is 0 Å². The summed E-state index contributed by atoms with van der Waals surface area (Å²) in [5.74, 6) is 0.855. The van der Waals surface area contributed by atoms with Crippen LogP contribution in [0.5, 0.6) is 0 Å². The van der Waals surface area contributed by atoms with Crippen LogP contribution < -0.4 is 4.90 Å². The maximum Gasteiger partial charge on any atom is 0.225 e. The molecule has 0 amide bonds. The Balaban J connectivity index is 0.000000606. The Hall–Kier alpha value is -1.16. The first-order chi connectivity index (χ1) is 7.77. The molecule has 0 aromatic carbocycles. The van der Waals surface area contributed by atoms with Crippen LogP contribution in [0.3, 0.4) is 0 Å². The third-order valence-corrected chi connectivity index (χ3v) is 2.64. The van der Waals surface area contributed by atoms with E-state index in [0.29, 0.717) is 6.04 Å². The molecule has 1 atom stereocenters. The monoisotopic (exact) mass is 222 g/mol. The smallest absolute Gasteiger partial charge is 0.225 e. The van der Waals surface area contributed by atoms with Gasteiger partial charge in [0.15, 0.2) is 0 Å². The van der Waals surface area contributed by atoms with Gasteiger partial charge in [-0.05, 0) is 20.0 Å². The van der Waals surface area contributed by atoms with Crippen molar-refractivity contribution < 1.29 is 0 Å². The maximum absolute atomic E-state index is 4.27. The fourth-order valence-corrected chi connectivity index (χ4v) is 1.88. The van der Waals surface area contributed by atoms with E-state index < -0.39 is 0 Å². The Morgan fingerprint density at radius 2 is 1.81 bits per heavy atom. The molecule has 4 heteroatoms. The van der Waals surface area contributed by atoms with Crippen molar-refractivity contribution in [1.82, 2.24) is 14.9 Å². The molecule has 90 valence electrons. The van der Waals surface area contributed by atoms with Crippen molar-refractivity contribution in [1.29, 1.82) is 0 Å². The molecule has 0 aliphatic carbocycles. The van der Waals surface area contributed by atoms with E-state index in [1.807, 2.05) is 19.9 Å². The van der Waals surface area contributed by atoms with Crippen molar-refractivity contribution in [3.8, 4) is 0 Å². The second-order valence-electron chi connectivity index (χ2n) is 3.85. The summed E-state index contributed by atoms with van der Waals surface area (Å²) in [7, 11) is 2.15. The summed E-state index contributed by atoms with van der Waals surface area (Å²) in [6, 6.07) is 2.35. The zero-order valence-corrected chi connectivity index (χ0v) is 10.7. The van der Waals surface area contributed by atoms with Crippen molar-refractivity contribution >= 4 is 5.95 Å². The summed E-state index contributed by atoms with van der Waals surface area (Å²) in [4.78, 5) is 13.1. The molecule has 0 saturated carbocycles. The van der Waals surface area contributed by atoms with Crippen LogP contribution in [0, 0.1) is 0 Å². The SMILES string of the molecule is CC.CC1CN(C)CCN1c1ncccn1. The molecule has 1 fully saturated rings. The van der Waals surface area contributed by atoms with E-state index in [1.165, 1.54) is 0 Å². The van der Waals surface area contributed by atoms with E-state index in [9.17, 15) is 0 Å². The summed E-state index contributed by atoms with van der Waals surface area (Å²) in [6.07, 6.45) is 3.60. The molecule has 0 spiro atoms. The first-order valence-electron chi connectivity index (χ1n) is 5.99. The highest BCUT2D eigenvalue weighted by Gasteiger charge is 2.22. The standard InChI is InChI=1S/C10H16N4.C2H6/c1-9-8-13(2)6-7-14(9)10-11-4-3-5-12-10;1-2/h3-5,9H,6-8H2,1-2H3;1-2H3. The Bertz CT molecular complexity index is 288. The summed E-state index contributed by atoms with van der Waals surface area (Å²) in [6.45, 7) is 9.40. The van der Waals surface area contributed by atoms with Crippen molar-refractivity contribution in [3.63, 3.8) is 0 Å². The second-order valence-corrected chi connectivity index (χ2v) is 3.85. The minimum Gasteiger partial charge on any atom is -0.336 e. The van der Waals surface area contributed by atoms with Gasteiger partial charge in [-0.25, -0.2) is 9.97 Å². The van der Waals surface area contributed by atoms with Gasteiger partial charge >= 0.3 is 0 Å². The molecule has 2 rings (SSSR count). The fourth-order valence-electron chi connectivity index (χ4n) is 1.88. The predicted molar refractivity (Wildman–Crippen MR) is 67.7 cm³/mol. The number of rotatable bonds is 1. The average Bonchev–Trinajstić information content (AvgIpc) is 2.33. The van der Waals surface area contributed by atoms with Crippen molar-refractivity contribution in [3.05, 3.63) is 18.5 Å². The van der Waals surface area contributed by atoms with E-state index in [2.05, 4.69) is 33.7 Å². The van der Waals surface area contributed by atoms with Crippen molar-refractivity contribution in [2.75, 3.05) is 31.6 Å². The summed E-state index contributed by atoms with van der Waals surface area (Å²) >= 11 is 0. The molecular formula is C12H22N4. The van der Waals surface area contributed by atoms with Gasteiger partial charge in [-0.3, -0.25) is 0 Å². The second kappa shape index (κ2) is 6.43. The van der Waals surface area contributed by atoms with Crippen LogP contribution in [0.15, 0.2) is 18.5 Å². The number of aromatic nitrogens is 2. The first-order valence-corrected chi connectivity index (χ1v) is 5.99. The average molecular weight is 222 g/mol. The van der Waals surface area contributed by atoms with Crippen LogP contribution in [0.25, 0.3) is 0 Å². The normalized spacial score (nSPS) is 21.2. The minimum atomic E-state index is 0.496. The van der Waals surface area contributed by atoms with E-state index >= 15 is 0 Å². The quantitative estimate of drug-likeness (QED) is 0.723. The third kappa shape index (κ3) is 3.17. The molecule has 1 unspecified atom stereocenters. The highest BCUT2D eigenvalue weighted by molar-refractivity contribution is 5.31. The number of hydrogen-bond acceptors (Lipinski definition) is 4. The minimum absolute atomic E-state index is 0.496. The maximum atomic E-state index is 4.27. The van der Waals surface area contributed by atoms with Crippen LogP contribution in [0.2, 0.25) is 0 Å². The summed E-state index contributed by atoms with van der Waals surface area (Å²) < 4.78 is 0. The van der Waals surface area contributed by atoms with Crippen LogP contribution in [0.1, 0.15) is 20.8 Å². The molecule has 0 radical (unpaired) electrons.